The largest absolute Gasteiger partial charge is 0.458 e. The van der Waals surface area contributed by atoms with E-state index in [4.69, 9.17) is 14.8 Å². The van der Waals surface area contributed by atoms with E-state index >= 15 is 0 Å². The fourth-order valence-corrected chi connectivity index (χ4v) is 7.67. The third-order valence-corrected chi connectivity index (χ3v) is 10.9. The summed E-state index contributed by atoms with van der Waals surface area (Å²) in [6, 6.07) is 40.8. The van der Waals surface area contributed by atoms with Crippen LogP contribution in [-0.4, -0.2) is 19.1 Å². The van der Waals surface area contributed by atoms with E-state index in [1.807, 2.05) is 10.9 Å². The van der Waals surface area contributed by atoms with Gasteiger partial charge in [0.2, 0.25) is 0 Å². The molecule has 6 heteroatoms. The van der Waals surface area contributed by atoms with Gasteiger partial charge >= 0.3 is 0 Å². The Bertz CT molecular complexity index is 2930. The van der Waals surface area contributed by atoms with Gasteiger partial charge in [0.25, 0.3) is 6.33 Å². The molecule has 9 rings (SSSR count). The minimum absolute atomic E-state index is 0.00465. The van der Waals surface area contributed by atoms with Gasteiger partial charge in [0.1, 0.15) is 17.3 Å². The maximum atomic E-state index is 6.73. The van der Waals surface area contributed by atoms with E-state index in [9.17, 15) is 0 Å². The summed E-state index contributed by atoms with van der Waals surface area (Å²) in [6.45, 7) is 20.3. The predicted molar refractivity (Wildman–Crippen MR) is 225 cm³/mol. The molecule has 0 fully saturated rings. The molecule has 6 nitrogen and oxygen atoms in total. The van der Waals surface area contributed by atoms with Crippen LogP contribution in [0.15, 0.2) is 121 Å². The molecule has 0 spiro atoms. The van der Waals surface area contributed by atoms with Crippen molar-refractivity contribution in [3.63, 3.8) is 0 Å². The molecule has 0 aliphatic heterocycles. The van der Waals surface area contributed by atoms with Gasteiger partial charge in [-0.05, 0) is 86.2 Å². The highest BCUT2D eigenvalue weighted by Gasteiger charge is 2.23. The first-order valence-electron chi connectivity index (χ1n) is 19.2. The number of fused-ring (bicyclic) bond motifs is 9. The summed E-state index contributed by atoms with van der Waals surface area (Å²) >= 11 is 0. The predicted octanol–water partition coefficient (Wildman–Crippen LogP) is 11.9. The maximum Gasteiger partial charge on any atom is 0.273 e. The molecule has 0 aliphatic rings. The highest BCUT2D eigenvalue weighted by atomic mass is 16.5. The number of ether oxygens (including phenoxy) is 1. The number of aromatic nitrogens is 5. The monoisotopic (exact) mass is 721 g/mol. The van der Waals surface area contributed by atoms with Gasteiger partial charge in [0, 0.05) is 28.4 Å². The second kappa shape index (κ2) is 12.3. The fraction of sp³-hybridized carbons (Fsp3) is 0.245. The van der Waals surface area contributed by atoms with E-state index in [1.54, 1.807) is 0 Å². The smallest absolute Gasteiger partial charge is 0.273 e. The Hall–Kier alpha value is -6.01. The number of hydrogen-bond donors (Lipinski definition) is 0. The van der Waals surface area contributed by atoms with Crippen molar-refractivity contribution >= 4 is 49.1 Å². The summed E-state index contributed by atoms with van der Waals surface area (Å²) < 4.78 is 13.0. The lowest BCUT2D eigenvalue weighted by Gasteiger charge is -2.26. The van der Waals surface area contributed by atoms with E-state index in [-0.39, 0.29) is 16.2 Å². The molecule has 4 heterocycles. The van der Waals surface area contributed by atoms with Crippen molar-refractivity contribution < 1.29 is 9.42 Å². The summed E-state index contributed by atoms with van der Waals surface area (Å²) in [5.41, 5.74) is 8.69. The molecule has 0 radical (unpaired) electrons. The van der Waals surface area contributed by atoms with Crippen molar-refractivity contribution in [2.24, 2.45) is 0 Å². The molecule has 0 saturated carbocycles. The quantitative estimate of drug-likeness (QED) is 0.103. The Kier molecular flexibility index (Phi) is 7.74. The number of pyridine rings is 2. The van der Waals surface area contributed by atoms with Gasteiger partial charge in [-0.1, -0.05) is 129 Å². The van der Waals surface area contributed by atoms with E-state index in [0.29, 0.717) is 0 Å². The normalized spacial score (nSPS) is 12.8. The molecule has 0 N–H and O–H groups in total. The Morgan fingerprint density at radius 1 is 0.527 bits per heavy atom. The summed E-state index contributed by atoms with van der Waals surface area (Å²) in [7, 11) is 0. The lowest BCUT2D eigenvalue weighted by molar-refractivity contribution is -0.659. The van der Waals surface area contributed by atoms with E-state index in [0.717, 1.165) is 66.7 Å². The fourth-order valence-electron chi connectivity index (χ4n) is 7.67. The van der Waals surface area contributed by atoms with Crippen LogP contribution in [0, 0.1) is 6.33 Å². The van der Waals surface area contributed by atoms with Crippen LogP contribution in [0.2, 0.25) is 0 Å². The first kappa shape index (κ1) is 34.7. The number of rotatable bonds is 4. The first-order chi connectivity index (χ1) is 26.1. The summed E-state index contributed by atoms with van der Waals surface area (Å²) in [5, 5.41) is 10.9. The first-order valence-corrected chi connectivity index (χ1v) is 19.2. The van der Waals surface area contributed by atoms with Crippen molar-refractivity contribution in [1.29, 1.82) is 0 Å². The topological polar surface area (TPSA) is 48.2 Å². The third kappa shape index (κ3) is 6.01. The van der Waals surface area contributed by atoms with Crippen LogP contribution in [0.25, 0.3) is 60.6 Å². The van der Waals surface area contributed by atoms with Crippen LogP contribution < -0.4 is 9.42 Å². The summed E-state index contributed by atoms with van der Waals surface area (Å²) in [5.74, 6) is 2.37. The molecular formula is C49H47N5O. The lowest BCUT2D eigenvalue weighted by atomic mass is 9.80. The molecule has 0 aliphatic carbocycles. The molecule has 0 unspecified atom stereocenters. The maximum absolute atomic E-state index is 6.73. The van der Waals surface area contributed by atoms with Crippen molar-refractivity contribution in [3.05, 3.63) is 144 Å². The zero-order valence-electron chi connectivity index (χ0n) is 33.2. The van der Waals surface area contributed by atoms with Crippen LogP contribution in [0.3, 0.4) is 0 Å². The highest BCUT2D eigenvalue weighted by Crippen LogP contribution is 2.38. The number of benzene rings is 5. The van der Waals surface area contributed by atoms with Crippen LogP contribution in [0.4, 0.5) is 0 Å². The van der Waals surface area contributed by atoms with Crippen LogP contribution in [-0.2, 0) is 16.2 Å². The molecule has 0 amide bonds. The van der Waals surface area contributed by atoms with Gasteiger partial charge < -0.3 is 4.74 Å². The number of nitrogens with zero attached hydrogens (tertiary/aromatic N) is 5. The second-order valence-electron chi connectivity index (χ2n) is 18.0. The average Bonchev–Trinajstić information content (AvgIpc) is 3.74. The molecule has 0 saturated heterocycles. The molecule has 274 valence electrons. The SMILES string of the molecule is CC(C)(C)c1cc(-[n+]2[c-]n3c4cc(Oc5ccc6c7ccccc7n(-c7cc(C(C)(C)C)ccn7)c6c5)ccc4c4ccccc4c3n2)cc(C(C)(C)C)c1. The average molecular weight is 722 g/mol. The molecule has 4 aromatic heterocycles. The van der Waals surface area contributed by atoms with E-state index in [1.165, 1.54) is 22.1 Å². The van der Waals surface area contributed by atoms with Crippen molar-refractivity contribution in [1.82, 2.24) is 19.1 Å². The highest BCUT2D eigenvalue weighted by molar-refractivity contribution is 6.12. The van der Waals surface area contributed by atoms with Gasteiger partial charge in [0.15, 0.2) is 5.65 Å². The van der Waals surface area contributed by atoms with Crippen LogP contribution >= 0.6 is 0 Å². The minimum Gasteiger partial charge on any atom is -0.458 e. The molecular weight excluding hydrogens is 675 g/mol. The van der Waals surface area contributed by atoms with Gasteiger partial charge in [-0.15, -0.1) is 5.10 Å². The van der Waals surface area contributed by atoms with Crippen LogP contribution in [0.5, 0.6) is 11.5 Å². The number of para-hydroxylation sites is 1. The van der Waals surface area contributed by atoms with Gasteiger partial charge in [0.05, 0.1) is 22.2 Å². The van der Waals surface area contributed by atoms with E-state index < -0.39 is 0 Å². The Morgan fingerprint density at radius 3 is 1.75 bits per heavy atom. The van der Waals surface area contributed by atoms with Crippen molar-refractivity contribution in [2.75, 3.05) is 0 Å². The van der Waals surface area contributed by atoms with Crippen molar-refractivity contribution in [2.45, 2.75) is 78.6 Å². The molecule has 55 heavy (non-hydrogen) atoms. The number of hydrogen-bond acceptors (Lipinski definition) is 3. The zero-order valence-corrected chi connectivity index (χ0v) is 33.2. The Balaban J connectivity index is 1.19. The summed E-state index contributed by atoms with van der Waals surface area (Å²) in [6.07, 6.45) is 5.55. The molecule has 0 atom stereocenters. The van der Waals surface area contributed by atoms with Gasteiger partial charge in [-0.3, -0.25) is 8.97 Å². The third-order valence-electron chi connectivity index (χ3n) is 10.9. The lowest BCUT2D eigenvalue weighted by Crippen LogP contribution is -2.33. The second-order valence-corrected chi connectivity index (χ2v) is 18.0. The Morgan fingerprint density at radius 2 is 1.09 bits per heavy atom. The summed E-state index contributed by atoms with van der Waals surface area (Å²) in [4.78, 5) is 4.86. The molecule has 0 bridgehead atoms. The standard InChI is InChI=1S/C49H47N5O/c1-47(2,3)31-22-23-50-45(27-31)54-42-17-13-12-15-38(42)40-21-19-36(29-44(40)54)55-35-18-20-39-37-14-10-11-16-41(37)46-51-53(30-52(46)43(39)28-35)34-25-32(48(4,5)6)24-33(26-34)49(7,8)9/h10-29H,1-9H3. The van der Waals surface area contributed by atoms with Crippen molar-refractivity contribution in [3.8, 4) is 23.0 Å². The molecule has 9 aromatic rings. The molecule has 5 aromatic carbocycles. The zero-order chi connectivity index (χ0) is 38.4. The van der Waals surface area contributed by atoms with Gasteiger partial charge in [-0.25, -0.2) is 4.98 Å². The Labute approximate surface area is 322 Å². The van der Waals surface area contributed by atoms with Gasteiger partial charge in [-0.2, -0.15) is 4.68 Å². The van der Waals surface area contributed by atoms with E-state index in [2.05, 4.69) is 193 Å². The minimum atomic E-state index is -0.0221. The van der Waals surface area contributed by atoms with Crippen LogP contribution in [0.1, 0.15) is 79.0 Å².